The zero-order chi connectivity index (χ0) is 21.9. The van der Waals surface area contributed by atoms with Gasteiger partial charge in [0.05, 0.1) is 23.6 Å². The lowest BCUT2D eigenvalue weighted by Gasteiger charge is -2.10. The highest BCUT2D eigenvalue weighted by Gasteiger charge is 2.27. The van der Waals surface area contributed by atoms with Crippen LogP contribution in [-0.4, -0.2) is 45.2 Å². The molecule has 2 rings (SSSR count). The van der Waals surface area contributed by atoms with E-state index in [1.54, 1.807) is 31.5 Å². The summed E-state index contributed by atoms with van der Waals surface area (Å²) in [6, 6.07) is 0. The molecule has 0 aromatic carbocycles. The van der Waals surface area contributed by atoms with Crippen molar-refractivity contribution in [2.45, 2.75) is 47.6 Å². The number of nitrogens with zero attached hydrogens (tertiary/aromatic N) is 2. The van der Waals surface area contributed by atoms with Crippen molar-refractivity contribution in [3.8, 4) is 0 Å². The molecule has 0 aliphatic carbocycles. The molecule has 0 amide bonds. The summed E-state index contributed by atoms with van der Waals surface area (Å²) >= 11 is 0. The highest BCUT2D eigenvalue weighted by Crippen LogP contribution is 2.21. The molecule has 29 heavy (non-hydrogen) atoms. The van der Waals surface area contributed by atoms with Gasteiger partial charge in [-0.25, -0.2) is 9.59 Å². The quantitative estimate of drug-likeness (QED) is 0.435. The number of carbonyl (C=O) groups is 3. The van der Waals surface area contributed by atoms with Gasteiger partial charge in [0.2, 0.25) is 5.78 Å². The molecule has 2 heterocycles. The van der Waals surface area contributed by atoms with Crippen molar-refractivity contribution in [2.75, 3.05) is 6.61 Å². The standard InChI is InChI=1S/C21H27N3O5/c1-8-28-21(27)18-11(2)19(22-13(18)4)20(26)15(6)29-17(25)10-9-16-12(3)23-24(7)14(16)5/h9-10,15,22H,8H2,1-7H3/b10-9+/t15-/m0/s1. The maximum atomic E-state index is 12.7. The van der Waals surface area contributed by atoms with Crippen LogP contribution in [0, 0.1) is 27.7 Å². The molecular weight excluding hydrogens is 374 g/mol. The number of aromatic amines is 1. The Balaban J connectivity index is 2.13. The lowest BCUT2D eigenvalue weighted by molar-refractivity contribution is -0.140. The van der Waals surface area contributed by atoms with E-state index >= 15 is 0 Å². The third-order valence-corrected chi connectivity index (χ3v) is 4.78. The number of carbonyl (C=O) groups excluding carboxylic acids is 3. The van der Waals surface area contributed by atoms with Crippen molar-refractivity contribution < 1.29 is 23.9 Å². The van der Waals surface area contributed by atoms with E-state index in [1.807, 2.05) is 20.9 Å². The fraction of sp³-hybridized carbons (Fsp3) is 0.429. The third-order valence-electron chi connectivity index (χ3n) is 4.78. The van der Waals surface area contributed by atoms with Gasteiger partial charge in [0.15, 0.2) is 6.10 Å². The summed E-state index contributed by atoms with van der Waals surface area (Å²) in [5.74, 6) is -1.55. The van der Waals surface area contributed by atoms with Gasteiger partial charge in [-0.05, 0) is 53.2 Å². The lowest BCUT2D eigenvalue weighted by atomic mass is 10.1. The molecule has 0 bridgehead atoms. The minimum absolute atomic E-state index is 0.230. The Hall–Kier alpha value is -3.16. The number of hydrogen-bond donors (Lipinski definition) is 1. The maximum absolute atomic E-state index is 12.7. The molecule has 0 saturated heterocycles. The van der Waals surface area contributed by atoms with Crippen molar-refractivity contribution in [1.29, 1.82) is 0 Å². The smallest absolute Gasteiger partial charge is 0.340 e. The van der Waals surface area contributed by atoms with Crippen molar-refractivity contribution in [2.24, 2.45) is 7.05 Å². The number of hydrogen-bond acceptors (Lipinski definition) is 6. The Morgan fingerprint density at radius 2 is 1.86 bits per heavy atom. The Morgan fingerprint density at radius 1 is 1.21 bits per heavy atom. The zero-order valence-corrected chi connectivity index (χ0v) is 17.9. The first-order valence-electron chi connectivity index (χ1n) is 9.37. The van der Waals surface area contributed by atoms with Crippen LogP contribution in [0.3, 0.4) is 0 Å². The van der Waals surface area contributed by atoms with Gasteiger partial charge in [0.1, 0.15) is 0 Å². The van der Waals surface area contributed by atoms with Crippen molar-refractivity contribution in [3.63, 3.8) is 0 Å². The largest absolute Gasteiger partial charge is 0.462 e. The van der Waals surface area contributed by atoms with Gasteiger partial charge in [0.25, 0.3) is 0 Å². The highest BCUT2D eigenvalue weighted by atomic mass is 16.5. The first-order valence-corrected chi connectivity index (χ1v) is 9.37. The third kappa shape index (κ3) is 4.64. The van der Waals surface area contributed by atoms with E-state index in [1.165, 1.54) is 13.0 Å². The number of ketones is 1. The highest BCUT2D eigenvalue weighted by molar-refractivity contribution is 6.04. The normalized spacial score (nSPS) is 12.2. The van der Waals surface area contributed by atoms with Crippen LogP contribution in [-0.2, 0) is 21.3 Å². The number of Topliss-reactive ketones (excluding diaryl/α,β-unsaturated/α-hetero) is 1. The summed E-state index contributed by atoms with van der Waals surface area (Å²) in [5.41, 5.74) is 4.11. The van der Waals surface area contributed by atoms with Crippen LogP contribution in [0.1, 0.15) is 62.9 Å². The van der Waals surface area contributed by atoms with Crippen molar-refractivity contribution in [3.05, 3.63) is 45.5 Å². The Kier molecular flexibility index (Phi) is 6.79. The van der Waals surface area contributed by atoms with Crippen molar-refractivity contribution >= 4 is 23.8 Å². The number of esters is 2. The van der Waals surface area contributed by atoms with Crippen molar-refractivity contribution in [1.82, 2.24) is 14.8 Å². The predicted molar refractivity (Wildman–Crippen MR) is 108 cm³/mol. The van der Waals surface area contributed by atoms with Crippen LogP contribution in [0.2, 0.25) is 0 Å². The average Bonchev–Trinajstić information content (AvgIpc) is 3.07. The number of aryl methyl sites for hydroxylation is 3. The molecule has 0 aliphatic heterocycles. The molecule has 0 saturated carbocycles. The first-order chi connectivity index (χ1) is 13.6. The fourth-order valence-electron chi connectivity index (χ4n) is 3.16. The molecule has 1 N–H and O–H groups in total. The molecule has 156 valence electrons. The van der Waals surface area contributed by atoms with Crippen LogP contribution in [0.15, 0.2) is 6.08 Å². The van der Waals surface area contributed by atoms with E-state index < -0.39 is 23.8 Å². The van der Waals surface area contributed by atoms with E-state index in [9.17, 15) is 14.4 Å². The van der Waals surface area contributed by atoms with Crippen LogP contribution in [0.5, 0.6) is 0 Å². The molecule has 0 fully saturated rings. The molecule has 8 heteroatoms. The van der Waals surface area contributed by atoms with E-state index in [0.717, 1.165) is 17.0 Å². The molecule has 8 nitrogen and oxygen atoms in total. The second kappa shape index (κ2) is 8.89. The molecular formula is C21H27N3O5. The summed E-state index contributed by atoms with van der Waals surface area (Å²) in [6.07, 6.45) is 1.88. The average molecular weight is 401 g/mol. The second-order valence-electron chi connectivity index (χ2n) is 6.83. The van der Waals surface area contributed by atoms with E-state index in [4.69, 9.17) is 9.47 Å². The van der Waals surface area contributed by atoms with E-state index in [0.29, 0.717) is 16.8 Å². The summed E-state index contributed by atoms with van der Waals surface area (Å²) < 4.78 is 12.0. The van der Waals surface area contributed by atoms with Crippen LogP contribution < -0.4 is 0 Å². The SMILES string of the molecule is CCOC(=O)c1c(C)[nH]c(C(=O)[C@H](C)OC(=O)/C=C/c2c(C)nn(C)c2C)c1C. The molecule has 0 radical (unpaired) electrons. The number of nitrogens with one attached hydrogen (secondary N) is 1. The molecule has 0 aliphatic rings. The molecule has 0 spiro atoms. The minimum atomic E-state index is -1.02. The molecule has 2 aromatic rings. The predicted octanol–water partition coefficient (Wildman–Crippen LogP) is 2.99. The van der Waals surface area contributed by atoms with E-state index in [2.05, 4.69) is 10.1 Å². The zero-order valence-electron chi connectivity index (χ0n) is 17.9. The first kappa shape index (κ1) is 22.1. The van der Waals surface area contributed by atoms with E-state index in [-0.39, 0.29) is 12.3 Å². The number of ether oxygens (including phenoxy) is 2. The van der Waals surface area contributed by atoms with Crippen LogP contribution in [0.4, 0.5) is 0 Å². The van der Waals surface area contributed by atoms with Gasteiger partial charge in [-0.3, -0.25) is 9.48 Å². The summed E-state index contributed by atoms with van der Waals surface area (Å²) in [7, 11) is 1.82. The maximum Gasteiger partial charge on any atom is 0.340 e. The Bertz CT molecular complexity index is 981. The molecule has 2 aromatic heterocycles. The van der Waals surface area contributed by atoms with Gasteiger partial charge in [-0.2, -0.15) is 5.10 Å². The number of aromatic nitrogens is 3. The number of rotatable bonds is 7. The van der Waals surface area contributed by atoms with Gasteiger partial charge in [-0.15, -0.1) is 0 Å². The fourth-order valence-corrected chi connectivity index (χ4v) is 3.16. The molecule has 0 unspecified atom stereocenters. The van der Waals surface area contributed by atoms with Gasteiger partial charge >= 0.3 is 11.9 Å². The summed E-state index contributed by atoms with van der Waals surface area (Å²) in [4.78, 5) is 39.9. The molecule has 1 atom stereocenters. The summed E-state index contributed by atoms with van der Waals surface area (Å²) in [5, 5.41) is 4.28. The second-order valence-corrected chi connectivity index (χ2v) is 6.83. The topological polar surface area (TPSA) is 103 Å². The van der Waals surface area contributed by atoms with Crippen LogP contribution in [0.25, 0.3) is 6.08 Å². The Morgan fingerprint density at radius 3 is 2.41 bits per heavy atom. The lowest BCUT2D eigenvalue weighted by Crippen LogP contribution is -2.24. The van der Waals surface area contributed by atoms with Crippen LogP contribution >= 0.6 is 0 Å². The summed E-state index contributed by atoms with van der Waals surface area (Å²) in [6.45, 7) is 10.5. The van der Waals surface area contributed by atoms with Gasteiger partial charge in [-0.1, -0.05) is 0 Å². The minimum Gasteiger partial charge on any atom is -0.462 e. The van der Waals surface area contributed by atoms with Gasteiger partial charge in [0, 0.05) is 30.1 Å². The Labute approximate surface area is 169 Å². The monoisotopic (exact) mass is 401 g/mol. The number of H-pyrrole nitrogens is 1. The van der Waals surface area contributed by atoms with Gasteiger partial charge < -0.3 is 14.5 Å².